The molecule has 0 aliphatic carbocycles. The number of ether oxygens (including phenoxy) is 2. The monoisotopic (exact) mass is 278 g/mol. The van der Waals surface area contributed by atoms with Gasteiger partial charge in [0, 0.05) is 13.0 Å². The number of aliphatic hydroxyl groups excluding tert-OH is 1. The van der Waals surface area contributed by atoms with Crippen molar-refractivity contribution in [2.75, 3.05) is 13.2 Å². The van der Waals surface area contributed by atoms with E-state index in [4.69, 9.17) is 9.47 Å². The van der Waals surface area contributed by atoms with Crippen LogP contribution >= 0.6 is 0 Å². The van der Waals surface area contributed by atoms with E-state index in [0.717, 1.165) is 44.5 Å². The van der Waals surface area contributed by atoms with Crippen molar-refractivity contribution in [3.8, 4) is 5.75 Å². The molecule has 1 aromatic rings. The highest BCUT2D eigenvalue weighted by Gasteiger charge is 2.19. The van der Waals surface area contributed by atoms with Gasteiger partial charge in [-0.3, -0.25) is 0 Å². The Morgan fingerprint density at radius 2 is 2.15 bits per heavy atom. The lowest BCUT2D eigenvalue weighted by Gasteiger charge is -2.22. The van der Waals surface area contributed by atoms with Crippen molar-refractivity contribution in [1.82, 2.24) is 0 Å². The number of hydrogen-bond acceptors (Lipinski definition) is 3. The smallest absolute Gasteiger partial charge is 0.122 e. The van der Waals surface area contributed by atoms with E-state index in [1.807, 2.05) is 6.92 Å². The number of fused-ring (bicyclic) bond motifs is 1. The number of hydrogen-bond donors (Lipinski definition) is 1. The molecular weight excluding hydrogens is 252 g/mol. The van der Waals surface area contributed by atoms with Gasteiger partial charge in [0.25, 0.3) is 0 Å². The predicted octanol–water partition coefficient (Wildman–Crippen LogP) is 3.12. The van der Waals surface area contributed by atoms with E-state index < -0.39 is 0 Å². The molecule has 1 aromatic carbocycles. The van der Waals surface area contributed by atoms with Gasteiger partial charge in [0.2, 0.25) is 0 Å². The summed E-state index contributed by atoms with van der Waals surface area (Å²) in [6, 6.07) is 6.37. The van der Waals surface area contributed by atoms with Crippen LogP contribution in [0.25, 0.3) is 0 Å². The van der Waals surface area contributed by atoms with Crippen LogP contribution in [-0.4, -0.2) is 30.5 Å². The summed E-state index contributed by atoms with van der Waals surface area (Å²) in [5, 5.41) is 10.3. The van der Waals surface area contributed by atoms with Crippen molar-refractivity contribution in [3.63, 3.8) is 0 Å². The molecule has 0 fully saturated rings. The van der Waals surface area contributed by atoms with Crippen molar-refractivity contribution < 1.29 is 14.6 Å². The minimum atomic E-state index is -0.376. The maximum atomic E-state index is 10.3. The quantitative estimate of drug-likeness (QED) is 0.794. The first kappa shape index (κ1) is 15.3. The fourth-order valence-corrected chi connectivity index (χ4v) is 2.78. The van der Waals surface area contributed by atoms with Crippen LogP contribution in [0.1, 0.15) is 44.2 Å². The van der Waals surface area contributed by atoms with Crippen molar-refractivity contribution in [1.29, 1.82) is 0 Å². The van der Waals surface area contributed by atoms with E-state index in [0.29, 0.717) is 6.61 Å². The largest absolute Gasteiger partial charge is 0.493 e. The SMILES string of the molecule is CCCC(OCC)C(O)CCc1ccc2c(c1)CCO2. The van der Waals surface area contributed by atoms with Gasteiger partial charge in [-0.15, -0.1) is 0 Å². The summed E-state index contributed by atoms with van der Waals surface area (Å²) in [7, 11) is 0. The average molecular weight is 278 g/mol. The van der Waals surface area contributed by atoms with Gasteiger partial charge in [0.1, 0.15) is 5.75 Å². The van der Waals surface area contributed by atoms with Crippen LogP contribution in [0.4, 0.5) is 0 Å². The summed E-state index contributed by atoms with van der Waals surface area (Å²) in [4.78, 5) is 0. The molecule has 0 saturated carbocycles. The highest BCUT2D eigenvalue weighted by atomic mass is 16.5. The molecule has 1 heterocycles. The Labute approximate surface area is 121 Å². The predicted molar refractivity (Wildman–Crippen MR) is 80.3 cm³/mol. The van der Waals surface area contributed by atoms with Gasteiger partial charge >= 0.3 is 0 Å². The lowest BCUT2D eigenvalue weighted by molar-refractivity contribution is -0.0397. The first-order chi connectivity index (χ1) is 9.74. The first-order valence-electron chi connectivity index (χ1n) is 7.78. The molecule has 20 heavy (non-hydrogen) atoms. The molecule has 0 aromatic heterocycles. The van der Waals surface area contributed by atoms with Crippen molar-refractivity contribution in [2.24, 2.45) is 0 Å². The minimum absolute atomic E-state index is 0.0252. The summed E-state index contributed by atoms with van der Waals surface area (Å²) in [6.45, 7) is 5.57. The average Bonchev–Trinajstić information content (AvgIpc) is 2.92. The summed E-state index contributed by atoms with van der Waals surface area (Å²) < 4.78 is 11.1. The van der Waals surface area contributed by atoms with Crippen molar-refractivity contribution >= 4 is 0 Å². The third kappa shape index (κ3) is 3.97. The van der Waals surface area contributed by atoms with Crippen LogP contribution in [0, 0.1) is 0 Å². The first-order valence-corrected chi connectivity index (χ1v) is 7.78. The van der Waals surface area contributed by atoms with Gasteiger partial charge in [-0.05, 0) is 43.4 Å². The van der Waals surface area contributed by atoms with E-state index in [1.54, 1.807) is 0 Å². The molecule has 1 N–H and O–H groups in total. The second-order valence-electron chi connectivity index (χ2n) is 5.43. The van der Waals surface area contributed by atoms with E-state index in [2.05, 4.69) is 25.1 Å². The molecule has 2 rings (SSSR count). The molecule has 1 aliphatic rings. The van der Waals surface area contributed by atoms with Gasteiger partial charge in [-0.1, -0.05) is 25.5 Å². The number of rotatable bonds is 8. The molecule has 0 amide bonds. The fraction of sp³-hybridized carbons (Fsp3) is 0.647. The van der Waals surface area contributed by atoms with Crippen LogP contribution in [0.15, 0.2) is 18.2 Å². The molecular formula is C17H26O3. The van der Waals surface area contributed by atoms with Crippen LogP contribution in [0.5, 0.6) is 5.75 Å². The summed E-state index contributed by atoms with van der Waals surface area (Å²) in [6.07, 6.45) is 4.21. The molecule has 0 spiro atoms. The molecule has 112 valence electrons. The molecule has 2 atom stereocenters. The van der Waals surface area contributed by atoms with Crippen LogP contribution in [0.3, 0.4) is 0 Å². The van der Waals surface area contributed by atoms with Gasteiger partial charge in [0.15, 0.2) is 0 Å². The van der Waals surface area contributed by atoms with Gasteiger partial charge in [0.05, 0.1) is 18.8 Å². The third-order valence-corrected chi connectivity index (χ3v) is 3.87. The van der Waals surface area contributed by atoms with Crippen LogP contribution < -0.4 is 4.74 Å². The molecule has 0 radical (unpaired) electrons. The zero-order valence-electron chi connectivity index (χ0n) is 12.6. The number of aliphatic hydroxyl groups is 1. The van der Waals surface area contributed by atoms with E-state index in [1.165, 1.54) is 11.1 Å². The highest BCUT2D eigenvalue weighted by Crippen LogP contribution is 2.26. The zero-order valence-corrected chi connectivity index (χ0v) is 12.6. The molecule has 0 saturated heterocycles. The topological polar surface area (TPSA) is 38.7 Å². The summed E-state index contributed by atoms with van der Waals surface area (Å²) >= 11 is 0. The second-order valence-corrected chi connectivity index (χ2v) is 5.43. The summed E-state index contributed by atoms with van der Waals surface area (Å²) in [5.74, 6) is 1.02. The Morgan fingerprint density at radius 1 is 1.30 bits per heavy atom. The maximum Gasteiger partial charge on any atom is 0.122 e. The van der Waals surface area contributed by atoms with Crippen molar-refractivity contribution in [2.45, 2.75) is 58.2 Å². The van der Waals surface area contributed by atoms with Crippen LogP contribution in [-0.2, 0) is 17.6 Å². The molecule has 2 unspecified atom stereocenters. The molecule has 0 bridgehead atoms. The fourth-order valence-electron chi connectivity index (χ4n) is 2.78. The Hall–Kier alpha value is -1.06. The standard InChI is InChI=1S/C17H26O3/c1-3-5-17(19-4-2)15(18)8-6-13-7-9-16-14(12-13)10-11-20-16/h7,9,12,15,17-18H,3-6,8,10-11H2,1-2H3. The Bertz CT molecular complexity index is 411. The van der Waals surface area contributed by atoms with E-state index in [-0.39, 0.29) is 12.2 Å². The molecule has 3 heteroatoms. The summed E-state index contributed by atoms with van der Waals surface area (Å²) in [5.41, 5.74) is 2.58. The van der Waals surface area contributed by atoms with Gasteiger partial charge in [-0.2, -0.15) is 0 Å². The van der Waals surface area contributed by atoms with Crippen molar-refractivity contribution in [3.05, 3.63) is 29.3 Å². The minimum Gasteiger partial charge on any atom is -0.493 e. The zero-order chi connectivity index (χ0) is 14.4. The lowest BCUT2D eigenvalue weighted by Crippen LogP contribution is -2.29. The molecule has 3 nitrogen and oxygen atoms in total. The van der Waals surface area contributed by atoms with Gasteiger partial charge < -0.3 is 14.6 Å². The Morgan fingerprint density at radius 3 is 2.90 bits per heavy atom. The normalized spacial score (nSPS) is 16.6. The number of aryl methyl sites for hydroxylation is 1. The Balaban J connectivity index is 1.87. The Kier molecular flexibility index (Phi) is 5.86. The van der Waals surface area contributed by atoms with E-state index in [9.17, 15) is 5.11 Å². The highest BCUT2D eigenvalue weighted by molar-refractivity contribution is 5.39. The lowest BCUT2D eigenvalue weighted by atomic mass is 9.99. The van der Waals surface area contributed by atoms with E-state index >= 15 is 0 Å². The maximum absolute atomic E-state index is 10.3. The second kappa shape index (κ2) is 7.65. The van der Waals surface area contributed by atoms with Crippen LogP contribution in [0.2, 0.25) is 0 Å². The van der Waals surface area contributed by atoms with Gasteiger partial charge in [-0.25, -0.2) is 0 Å². The third-order valence-electron chi connectivity index (χ3n) is 3.87. The molecule has 1 aliphatic heterocycles. The number of benzene rings is 1.